The molecule has 0 bridgehead atoms. The van der Waals surface area contributed by atoms with Crippen LogP contribution in [0.3, 0.4) is 0 Å². The van der Waals surface area contributed by atoms with Crippen LogP contribution in [0.4, 0.5) is 0 Å². The lowest BCUT2D eigenvalue weighted by Gasteiger charge is -1.91. The quantitative estimate of drug-likeness (QED) is 0.682. The molecule has 0 unspecified atom stereocenters. The molecule has 0 radical (unpaired) electrons. The van der Waals surface area contributed by atoms with Crippen LogP contribution < -0.4 is 5.69 Å². The van der Waals surface area contributed by atoms with E-state index in [1.807, 2.05) is 13.8 Å². The fourth-order valence-electron chi connectivity index (χ4n) is 1.21. The number of rotatable bonds is 1. The lowest BCUT2D eigenvalue weighted by atomic mass is 10.4. The molecule has 5 nitrogen and oxygen atoms in total. The van der Waals surface area contributed by atoms with Gasteiger partial charge in [-0.1, -0.05) is 6.92 Å². The van der Waals surface area contributed by atoms with E-state index in [0.29, 0.717) is 11.5 Å². The molecule has 0 fully saturated rings. The standard InChI is InChI=1S/C8H10N4O/c1-3-6-10-7-4-5(2)9-8(13)12(7)11-6/h4H,3H2,1-2H3,(H,9,13). The average molecular weight is 178 g/mol. The molecule has 13 heavy (non-hydrogen) atoms. The van der Waals surface area contributed by atoms with Gasteiger partial charge in [0.2, 0.25) is 0 Å². The number of hydrogen-bond acceptors (Lipinski definition) is 3. The highest BCUT2D eigenvalue weighted by Crippen LogP contribution is 1.99. The minimum atomic E-state index is -0.234. The highest BCUT2D eigenvalue weighted by Gasteiger charge is 2.04. The van der Waals surface area contributed by atoms with E-state index in [0.717, 1.165) is 12.1 Å². The summed E-state index contributed by atoms with van der Waals surface area (Å²) in [6.45, 7) is 3.78. The third-order valence-electron chi connectivity index (χ3n) is 1.83. The fourth-order valence-corrected chi connectivity index (χ4v) is 1.21. The number of nitrogens with one attached hydrogen (secondary N) is 1. The van der Waals surface area contributed by atoms with E-state index in [-0.39, 0.29) is 5.69 Å². The number of aromatic nitrogens is 4. The molecule has 0 atom stereocenters. The second-order valence-corrected chi connectivity index (χ2v) is 2.91. The SMILES string of the molecule is CCc1nc2cc(C)[nH]c(=O)n2n1. The fraction of sp³-hybridized carbons (Fsp3) is 0.375. The molecule has 0 amide bonds. The van der Waals surface area contributed by atoms with Gasteiger partial charge in [-0.2, -0.15) is 4.52 Å². The molecule has 2 aromatic heterocycles. The molecule has 2 aromatic rings. The Morgan fingerprint density at radius 2 is 2.38 bits per heavy atom. The van der Waals surface area contributed by atoms with Crippen molar-refractivity contribution in [3.8, 4) is 0 Å². The number of fused-ring (bicyclic) bond motifs is 1. The zero-order valence-corrected chi connectivity index (χ0v) is 7.53. The number of hydrogen-bond donors (Lipinski definition) is 1. The van der Waals surface area contributed by atoms with Crippen LogP contribution in [0.25, 0.3) is 5.65 Å². The normalized spacial score (nSPS) is 10.9. The van der Waals surface area contributed by atoms with Gasteiger partial charge in [0, 0.05) is 18.2 Å². The molecule has 2 heterocycles. The summed E-state index contributed by atoms with van der Waals surface area (Å²) in [6, 6.07) is 1.80. The van der Waals surface area contributed by atoms with Crippen LogP contribution in [0.5, 0.6) is 0 Å². The summed E-state index contributed by atoms with van der Waals surface area (Å²) in [7, 11) is 0. The summed E-state index contributed by atoms with van der Waals surface area (Å²) in [4.78, 5) is 18.2. The smallest absolute Gasteiger partial charge is 0.310 e. The Bertz CT molecular complexity index is 496. The van der Waals surface area contributed by atoms with Gasteiger partial charge >= 0.3 is 5.69 Å². The molecule has 1 N–H and O–H groups in total. The van der Waals surface area contributed by atoms with E-state index in [2.05, 4.69) is 15.1 Å². The second kappa shape index (κ2) is 2.69. The van der Waals surface area contributed by atoms with Crippen molar-refractivity contribution in [1.29, 1.82) is 0 Å². The monoisotopic (exact) mass is 178 g/mol. The van der Waals surface area contributed by atoms with Gasteiger partial charge in [0.05, 0.1) is 0 Å². The third kappa shape index (κ3) is 1.22. The molecule has 0 aliphatic heterocycles. The van der Waals surface area contributed by atoms with Crippen molar-refractivity contribution in [2.45, 2.75) is 20.3 Å². The van der Waals surface area contributed by atoms with E-state index in [9.17, 15) is 4.79 Å². The molecule has 0 aliphatic rings. The predicted octanol–water partition coefficient (Wildman–Crippen LogP) is 0.288. The first-order valence-electron chi connectivity index (χ1n) is 4.16. The maximum absolute atomic E-state index is 11.3. The summed E-state index contributed by atoms with van der Waals surface area (Å²) < 4.78 is 1.28. The number of aryl methyl sites for hydroxylation is 2. The van der Waals surface area contributed by atoms with Gasteiger partial charge in [0.25, 0.3) is 0 Å². The molecular weight excluding hydrogens is 168 g/mol. The van der Waals surface area contributed by atoms with Gasteiger partial charge in [-0.15, -0.1) is 5.10 Å². The van der Waals surface area contributed by atoms with E-state index in [1.165, 1.54) is 4.52 Å². The van der Waals surface area contributed by atoms with Gasteiger partial charge in [-0.05, 0) is 6.92 Å². The van der Waals surface area contributed by atoms with E-state index in [1.54, 1.807) is 6.07 Å². The average Bonchev–Trinajstić information content (AvgIpc) is 2.47. The Kier molecular flexibility index (Phi) is 1.65. The van der Waals surface area contributed by atoms with Gasteiger partial charge in [0.1, 0.15) is 0 Å². The van der Waals surface area contributed by atoms with Crippen LogP contribution >= 0.6 is 0 Å². The van der Waals surface area contributed by atoms with Gasteiger partial charge in [-0.25, -0.2) is 9.78 Å². The summed E-state index contributed by atoms with van der Waals surface area (Å²) in [5, 5.41) is 4.03. The molecule has 0 saturated carbocycles. The first kappa shape index (κ1) is 7.97. The van der Waals surface area contributed by atoms with Crippen LogP contribution in [-0.2, 0) is 6.42 Å². The highest BCUT2D eigenvalue weighted by molar-refractivity contribution is 5.37. The van der Waals surface area contributed by atoms with Gasteiger partial charge in [0.15, 0.2) is 11.5 Å². The summed E-state index contributed by atoms with van der Waals surface area (Å²) >= 11 is 0. The number of nitrogens with zero attached hydrogens (tertiary/aromatic N) is 3. The third-order valence-corrected chi connectivity index (χ3v) is 1.83. The maximum Gasteiger partial charge on any atom is 0.348 e. The Balaban J connectivity index is 2.83. The van der Waals surface area contributed by atoms with Crippen LogP contribution in [-0.4, -0.2) is 19.6 Å². The zero-order valence-electron chi connectivity index (χ0n) is 7.53. The van der Waals surface area contributed by atoms with E-state index in [4.69, 9.17) is 0 Å². The Hall–Kier alpha value is -1.65. The van der Waals surface area contributed by atoms with Crippen molar-refractivity contribution >= 4 is 5.65 Å². The van der Waals surface area contributed by atoms with Crippen molar-refractivity contribution in [3.05, 3.63) is 28.1 Å². The second-order valence-electron chi connectivity index (χ2n) is 2.91. The lowest BCUT2D eigenvalue weighted by molar-refractivity contribution is 0.823. The van der Waals surface area contributed by atoms with Gasteiger partial charge < -0.3 is 4.98 Å². The molecule has 2 rings (SSSR count). The molecule has 68 valence electrons. The minimum absolute atomic E-state index is 0.234. The topological polar surface area (TPSA) is 63.0 Å². The Morgan fingerprint density at radius 1 is 1.62 bits per heavy atom. The molecule has 0 saturated heterocycles. The molecule has 5 heteroatoms. The lowest BCUT2D eigenvalue weighted by Crippen LogP contribution is -2.18. The van der Waals surface area contributed by atoms with Crippen LogP contribution in [0.15, 0.2) is 10.9 Å². The molecule has 0 spiro atoms. The Labute approximate surface area is 74.4 Å². The summed E-state index contributed by atoms with van der Waals surface area (Å²) in [5.74, 6) is 0.691. The van der Waals surface area contributed by atoms with E-state index >= 15 is 0 Å². The minimum Gasteiger partial charge on any atom is -0.310 e. The molecule has 0 aliphatic carbocycles. The zero-order chi connectivity index (χ0) is 9.42. The first-order valence-corrected chi connectivity index (χ1v) is 4.16. The number of aromatic amines is 1. The first-order chi connectivity index (χ1) is 6.20. The molecule has 0 aromatic carbocycles. The van der Waals surface area contributed by atoms with Crippen LogP contribution in [0.1, 0.15) is 18.4 Å². The summed E-state index contributed by atoms with van der Waals surface area (Å²) in [6.07, 6.45) is 0.736. The van der Waals surface area contributed by atoms with Crippen molar-refractivity contribution in [2.24, 2.45) is 0 Å². The van der Waals surface area contributed by atoms with Crippen LogP contribution in [0, 0.1) is 6.92 Å². The predicted molar refractivity (Wildman–Crippen MR) is 47.7 cm³/mol. The largest absolute Gasteiger partial charge is 0.348 e. The summed E-state index contributed by atoms with van der Waals surface area (Å²) in [5.41, 5.74) is 1.17. The number of H-pyrrole nitrogens is 1. The van der Waals surface area contributed by atoms with Crippen molar-refractivity contribution < 1.29 is 0 Å². The highest BCUT2D eigenvalue weighted by atomic mass is 16.1. The van der Waals surface area contributed by atoms with Crippen LogP contribution in [0.2, 0.25) is 0 Å². The van der Waals surface area contributed by atoms with Crippen molar-refractivity contribution in [3.63, 3.8) is 0 Å². The van der Waals surface area contributed by atoms with Crippen molar-refractivity contribution in [1.82, 2.24) is 19.6 Å². The van der Waals surface area contributed by atoms with E-state index < -0.39 is 0 Å². The molecular formula is C8H10N4O. The van der Waals surface area contributed by atoms with Gasteiger partial charge in [-0.3, -0.25) is 0 Å². The Morgan fingerprint density at radius 3 is 3.08 bits per heavy atom. The van der Waals surface area contributed by atoms with Crippen molar-refractivity contribution in [2.75, 3.05) is 0 Å². The maximum atomic E-state index is 11.3.